The molecule has 178 valence electrons. The van der Waals surface area contributed by atoms with Crippen LogP contribution in [0.1, 0.15) is 97.8 Å². The topological polar surface area (TPSA) is 36.9 Å². The maximum atomic E-state index is 5.86. The molecule has 4 nitrogen and oxygen atoms in total. The summed E-state index contributed by atoms with van der Waals surface area (Å²) in [6.07, 6.45) is 21.7. The molecule has 0 atom stereocenters. The number of hydrogen-bond donors (Lipinski definition) is 0. The van der Waals surface area contributed by atoms with Crippen LogP contribution in [0.5, 0.6) is 0 Å². The Morgan fingerprint density at radius 1 is 0.742 bits per heavy atom. The predicted molar refractivity (Wildman–Crippen MR) is 128 cm³/mol. The highest BCUT2D eigenvalue weighted by atomic mass is 16.6. The van der Waals surface area contributed by atoms with Crippen LogP contribution >= 0.6 is 0 Å². The van der Waals surface area contributed by atoms with E-state index in [1.165, 1.54) is 69.8 Å². The third kappa shape index (κ3) is 10.6. The third-order valence-electron chi connectivity index (χ3n) is 6.27. The molecule has 2 heterocycles. The van der Waals surface area contributed by atoms with Gasteiger partial charge in [-0.3, -0.25) is 0 Å². The quantitative estimate of drug-likeness (QED) is 0.299. The summed E-state index contributed by atoms with van der Waals surface area (Å²) in [7, 11) is 0. The van der Waals surface area contributed by atoms with Crippen molar-refractivity contribution in [2.45, 2.75) is 97.8 Å². The molecular formula is C27H46O4. The van der Waals surface area contributed by atoms with Crippen molar-refractivity contribution in [1.29, 1.82) is 0 Å². The summed E-state index contributed by atoms with van der Waals surface area (Å²) in [4.78, 5) is 0. The molecular weight excluding hydrogens is 388 g/mol. The maximum absolute atomic E-state index is 5.86. The zero-order chi connectivity index (χ0) is 22.2. The summed E-state index contributed by atoms with van der Waals surface area (Å²) in [5.74, 6) is 1.73. The molecule has 0 N–H and O–H groups in total. The van der Waals surface area contributed by atoms with Crippen molar-refractivity contribution < 1.29 is 18.9 Å². The Hall–Kier alpha value is -1.42. The second-order valence-corrected chi connectivity index (χ2v) is 9.44. The largest absolute Gasteiger partial charge is 0.498 e. The molecule has 0 bridgehead atoms. The van der Waals surface area contributed by atoms with E-state index in [0.717, 1.165) is 24.4 Å². The number of rotatable bonds is 12. The molecule has 0 saturated carbocycles. The van der Waals surface area contributed by atoms with Gasteiger partial charge in [0.25, 0.3) is 0 Å². The lowest BCUT2D eigenvalue weighted by atomic mass is 9.79. The summed E-state index contributed by atoms with van der Waals surface area (Å²) in [5.41, 5.74) is 1.25. The van der Waals surface area contributed by atoms with Gasteiger partial charge in [-0.05, 0) is 23.5 Å². The standard InChI is InChI=1S/C27H46O4/c1-4-5-6-7-8-9-10-11-12-13-17-27(2,3)24-14-15-25-26(31-22-21-30-25)16-18-28-19-20-29-23-24/h14-15,23H,4-13,16-22H2,1-3H3/b15-14+,24-23+. The molecule has 0 saturated heterocycles. The molecule has 0 spiro atoms. The Morgan fingerprint density at radius 2 is 1.42 bits per heavy atom. The van der Waals surface area contributed by atoms with Gasteiger partial charge in [0.2, 0.25) is 0 Å². The summed E-state index contributed by atoms with van der Waals surface area (Å²) < 4.78 is 23.2. The Morgan fingerprint density at radius 3 is 2.16 bits per heavy atom. The molecule has 0 aliphatic carbocycles. The van der Waals surface area contributed by atoms with E-state index in [-0.39, 0.29) is 5.41 Å². The molecule has 4 heteroatoms. The van der Waals surface area contributed by atoms with E-state index in [0.29, 0.717) is 33.0 Å². The van der Waals surface area contributed by atoms with Crippen LogP contribution in [0.3, 0.4) is 0 Å². The highest BCUT2D eigenvalue weighted by Gasteiger charge is 2.23. The molecule has 0 aromatic carbocycles. The molecule has 0 radical (unpaired) electrons. The zero-order valence-corrected chi connectivity index (χ0v) is 20.4. The van der Waals surface area contributed by atoms with Crippen molar-refractivity contribution in [3.63, 3.8) is 0 Å². The Balaban J connectivity index is 1.81. The van der Waals surface area contributed by atoms with Crippen molar-refractivity contribution in [3.8, 4) is 0 Å². The van der Waals surface area contributed by atoms with Crippen LogP contribution < -0.4 is 0 Å². The first kappa shape index (κ1) is 25.8. The Labute approximate surface area is 191 Å². The fourth-order valence-electron chi connectivity index (χ4n) is 4.12. The van der Waals surface area contributed by atoms with E-state index in [1.807, 2.05) is 12.3 Å². The first-order chi connectivity index (χ1) is 15.1. The van der Waals surface area contributed by atoms with E-state index in [4.69, 9.17) is 18.9 Å². The number of unbranched alkanes of at least 4 members (excludes halogenated alkanes) is 9. The van der Waals surface area contributed by atoms with Gasteiger partial charge in [-0.1, -0.05) is 91.1 Å². The smallest absolute Gasteiger partial charge is 0.157 e. The minimum atomic E-state index is 0.0534. The van der Waals surface area contributed by atoms with Gasteiger partial charge >= 0.3 is 0 Å². The van der Waals surface area contributed by atoms with Crippen LogP contribution in [0.25, 0.3) is 0 Å². The van der Waals surface area contributed by atoms with Crippen LogP contribution in [-0.2, 0) is 18.9 Å². The van der Waals surface area contributed by atoms with Gasteiger partial charge in [0.05, 0.1) is 19.5 Å². The lowest BCUT2D eigenvalue weighted by Gasteiger charge is -2.27. The summed E-state index contributed by atoms with van der Waals surface area (Å²) in [6, 6.07) is 0. The molecule has 0 aromatic rings. The van der Waals surface area contributed by atoms with Crippen LogP contribution in [-0.4, -0.2) is 33.0 Å². The van der Waals surface area contributed by atoms with Gasteiger partial charge < -0.3 is 18.9 Å². The Kier molecular flexibility index (Phi) is 12.8. The van der Waals surface area contributed by atoms with E-state index >= 15 is 0 Å². The van der Waals surface area contributed by atoms with Gasteiger partial charge in [-0.25, -0.2) is 0 Å². The number of ether oxygens (including phenoxy) is 4. The Bertz CT molecular complexity index is 574. The second-order valence-electron chi connectivity index (χ2n) is 9.44. The maximum Gasteiger partial charge on any atom is 0.157 e. The highest BCUT2D eigenvalue weighted by Crippen LogP contribution is 2.34. The predicted octanol–water partition coefficient (Wildman–Crippen LogP) is 7.46. The molecule has 2 aliphatic heterocycles. The van der Waals surface area contributed by atoms with Crippen molar-refractivity contribution in [1.82, 2.24) is 0 Å². The van der Waals surface area contributed by atoms with Gasteiger partial charge in [0, 0.05) is 6.42 Å². The first-order valence-electron chi connectivity index (χ1n) is 12.7. The summed E-state index contributed by atoms with van der Waals surface area (Å²) >= 11 is 0. The number of allylic oxidation sites excluding steroid dienone is 3. The molecule has 0 aromatic heterocycles. The third-order valence-corrected chi connectivity index (χ3v) is 6.27. The van der Waals surface area contributed by atoms with E-state index in [2.05, 4.69) is 26.8 Å². The molecule has 0 unspecified atom stereocenters. The average Bonchev–Trinajstić information content (AvgIpc) is 2.75. The van der Waals surface area contributed by atoms with Gasteiger partial charge in [0.1, 0.15) is 25.6 Å². The fourth-order valence-corrected chi connectivity index (χ4v) is 4.12. The fraction of sp³-hybridized carbons (Fsp3) is 0.778. The van der Waals surface area contributed by atoms with Crippen molar-refractivity contribution in [2.75, 3.05) is 33.0 Å². The van der Waals surface area contributed by atoms with E-state index in [9.17, 15) is 0 Å². The van der Waals surface area contributed by atoms with Crippen molar-refractivity contribution in [3.05, 3.63) is 35.5 Å². The van der Waals surface area contributed by atoms with Gasteiger partial charge in [0.15, 0.2) is 5.76 Å². The molecule has 0 amide bonds. The van der Waals surface area contributed by atoms with Crippen LogP contribution in [0.15, 0.2) is 35.5 Å². The molecule has 2 rings (SSSR count). The molecule has 0 fully saturated rings. The zero-order valence-electron chi connectivity index (χ0n) is 20.4. The first-order valence-corrected chi connectivity index (χ1v) is 12.7. The SMILES string of the molecule is CCCCCCCCCCCCC(C)(C)C1=C/OCCOCCC2=C(\C=C\1)OCCO2. The van der Waals surface area contributed by atoms with Crippen LogP contribution in [0.2, 0.25) is 0 Å². The average molecular weight is 435 g/mol. The van der Waals surface area contributed by atoms with Crippen LogP contribution in [0.4, 0.5) is 0 Å². The minimum Gasteiger partial charge on any atom is -0.498 e. The molecule has 31 heavy (non-hydrogen) atoms. The van der Waals surface area contributed by atoms with E-state index in [1.54, 1.807) is 0 Å². The van der Waals surface area contributed by atoms with Gasteiger partial charge in [-0.2, -0.15) is 0 Å². The summed E-state index contributed by atoms with van der Waals surface area (Å²) in [5, 5.41) is 0. The minimum absolute atomic E-state index is 0.0534. The van der Waals surface area contributed by atoms with Gasteiger partial charge in [-0.15, -0.1) is 0 Å². The lowest BCUT2D eigenvalue weighted by Crippen LogP contribution is -2.17. The van der Waals surface area contributed by atoms with Crippen LogP contribution in [0, 0.1) is 5.41 Å². The normalized spacial score (nSPS) is 20.8. The second kappa shape index (κ2) is 15.4. The van der Waals surface area contributed by atoms with E-state index < -0.39 is 0 Å². The summed E-state index contributed by atoms with van der Waals surface area (Å²) in [6.45, 7) is 9.92. The van der Waals surface area contributed by atoms with Crippen molar-refractivity contribution in [2.24, 2.45) is 5.41 Å². The lowest BCUT2D eigenvalue weighted by molar-refractivity contribution is 0.0436. The van der Waals surface area contributed by atoms with Crippen molar-refractivity contribution >= 4 is 0 Å². The highest BCUT2D eigenvalue weighted by molar-refractivity contribution is 5.30. The monoisotopic (exact) mass is 434 g/mol. The molecule has 2 aliphatic rings. The number of hydrogen-bond acceptors (Lipinski definition) is 4.